The highest BCUT2D eigenvalue weighted by atomic mass is 16.6. The monoisotopic (exact) mass is 321 g/mol. The van der Waals surface area contributed by atoms with Crippen molar-refractivity contribution in [3.63, 3.8) is 0 Å². The molecule has 0 radical (unpaired) electrons. The molecule has 23 heavy (non-hydrogen) atoms. The molecule has 1 rings (SSSR count). The molecule has 0 aliphatic carbocycles. The molecule has 0 saturated carbocycles. The zero-order valence-corrected chi connectivity index (χ0v) is 15.1. The van der Waals surface area contributed by atoms with Gasteiger partial charge < -0.3 is 20.3 Å². The molecule has 0 heterocycles. The highest BCUT2D eigenvalue weighted by Crippen LogP contribution is 2.13. The quantitative estimate of drug-likeness (QED) is 0.723. The van der Waals surface area contributed by atoms with Gasteiger partial charge in [-0.1, -0.05) is 30.3 Å². The van der Waals surface area contributed by atoms with E-state index in [-0.39, 0.29) is 12.1 Å². The molecule has 130 valence electrons. The maximum atomic E-state index is 11.6. The Balaban J connectivity index is 2.32. The summed E-state index contributed by atoms with van der Waals surface area (Å²) < 4.78 is 5.21. The number of alkyl carbamates (subject to hydrolysis) is 1. The highest BCUT2D eigenvalue weighted by molar-refractivity contribution is 5.67. The molecule has 1 aromatic carbocycles. The van der Waals surface area contributed by atoms with Crippen molar-refractivity contribution >= 4 is 6.09 Å². The fourth-order valence-corrected chi connectivity index (χ4v) is 2.21. The van der Waals surface area contributed by atoms with Crippen molar-refractivity contribution in [2.45, 2.75) is 38.8 Å². The van der Waals surface area contributed by atoms with E-state index in [1.807, 2.05) is 26.8 Å². The molecule has 0 saturated heterocycles. The first-order valence-electron chi connectivity index (χ1n) is 8.18. The molecule has 0 bridgehead atoms. The van der Waals surface area contributed by atoms with Crippen LogP contribution in [0.1, 0.15) is 38.8 Å². The van der Waals surface area contributed by atoms with Crippen molar-refractivity contribution in [2.24, 2.45) is 0 Å². The third-order valence-corrected chi connectivity index (χ3v) is 3.16. The second-order valence-electron chi connectivity index (χ2n) is 6.96. The highest BCUT2D eigenvalue weighted by Gasteiger charge is 2.15. The Kier molecular flexibility index (Phi) is 8.06. The van der Waals surface area contributed by atoms with Gasteiger partial charge in [0, 0.05) is 19.1 Å². The van der Waals surface area contributed by atoms with Crippen LogP contribution < -0.4 is 10.6 Å². The first kappa shape index (κ1) is 19.5. The Morgan fingerprint density at radius 3 is 2.39 bits per heavy atom. The van der Waals surface area contributed by atoms with E-state index in [1.54, 1.807) is 0 Å². The molecule has 1 atom stereocenters. The lowest BCUT2D eigenvalue weighted by molar-refractivity contribution is 0.0527. The largest absolute Gasteiger partial charge is 0.444 e. The van der Waals surface area contributed by atoms with Gasteiger partial charge in [0.15, 0.2) is 0 Å². The Hall–Kier alpha value is -1.59. The molecule has 0 aliphatic heterocycles. The summed E-state index contributed by atoms with van der Waals surface area (Å²) in [7, 11) is 4.14. The Morgan fingerprint density at radius 1 is 1.17 bits per heavy atom. The van der Waals surface area contributed by atoms with Gasteiger partial charge >= 0.3 is 6.09 Å². The van der Waals surface area contributed by atoms with Gasteiger partial charge in [-0.05, 0) is 53.4 Å². The first-order valence-corrected chi connectivity index (χ1v) is 8.18. The van der Waals surface area contributed by atoms with Crippen molar-refractivity contribution in [3.8, 4) is 0 Å². The maximum Gasteiger partial charge on any atom is 0.407 e. The molecular weight excluding hydrogens is 290 g/mol. The van der Waals surface area contributed by atoms with Crippen LogP contribution in [0.3, 0.4) is 0 Å². The minimum absolute atomic E-state index is 0.285. The summed E-state index contributed by atoms with van der Waals surface area (Å²) in [6.45, 7) is 7.96. The Labute approximate surface area is 140 Å². The van der Waals surface area contributed by atoms with E-state index < -0.39 is 5.60 Å². The summed E-state index contributed by atoms with van der Waals surface area (Å²) in [5.74, 6) is 0. The molecular formula is C18H31N3O2. The second kappa shape index (κ2) is 9.53. The van der Waals surface area contributed by atoms with Gasteiger partial charge in [-0.25, -0.2) is 4.79 Å². The molecule has 1 amide bonds. The van der Waals surface area contributed by atoms with Gasteiger partial charge in [-0.15, -0.1) is 0 Å². The lowest BCUT2D eigenvalue weighted by atomic mass is 10.1. The van der Waals surface area contributed by atoms with Crippen molar-refractivity contribution in [1.29, 1.82) is 0 Å². The maximum absolute atomic E-state index is 11.6. The lowest BCUT2D eigenvalue weighted by Crippen LogP contribution is -2.35. The summed E-state index contributed by atoms with van der Waals surface area (Å²) in [5.41, 5.74) is 0.827. The third-order valence-electron chi connectivity index (χ3n) is 3.16. The predicted octanol–water partition coefficient (Wildman–Crippen LogP) is 2.79. The Morgan fingerprint density at radius 2 is 1.83 bits per heavy atom. The van der Waals surface area contributed by atoms with E-state index in [1.165, 1.54) is 5.56 Å². The number of carbonyl (C=O) groups is 1. The molecule has 1 aromatic rings. The van der Waals surface area contributed by atoms with E-state index in [0.29, 0.717) is 6.54 Å². The molecule has 2 N–H and O–H groups in total. The van der Waals surface area contributed by atoms with Crippen molar-refractivity contribution in [2.75, 3.05) is 33.7 Å². The average Bonchev–Trinajstić information content (AvgIpc) is 2.44. The van der Waals surface area contributed by atoms with Crippen molar-refractivity contribution in [3.05, 3.63) is 35.9 Å². The Bertz CT molecular complexity index is 455. The van der Waals surface area contributed by atoms with Crippen LogP contribution in [0.4, 0.5) is 4.79 Å². The van der Waals surface area contributed by atoms with Gasteiger partial charge in [0.1, 0.15) is 5.60 Å². The first-order chi connectivity index (χ1) is 10.8. The van der Waals surface area contributed by atoms with Gasteiger partial charge in [0.25, 0.3) is 0 Å². The molecule has 0 fully saturated rings. The number of hydrogen-bond donors (Lipinski definition) is 2. The van der Waals surface area contributed by atoms with Crippen molar-refractivity contribution < 1.29 is 9.53 Å². The number of rotatable bonds is 8. The number of hydrogen-bond acceptors (Lipinski definition) is 4. The van der Waals surface area contributed by atoms with Crippen LogP contribution in [0.2, 0.25) is 0 Å². The number of ether oxygens (including phenoxy) is 1. The third kappa shape index (κ3) is 9.21. The molecule has 5 heteroatoms. The van der Waals surface area contributed by atoms with Crippen molar-refractivity contribution in [1.82, 2.24) is 15.5 Å². The summed E-state index contributed by atoms with van der Waals surface area (Å²) in [6.07, 6.45) is 0.501. The minimum Gasteiger partial charge on any atom is -0.444 e. The van der Waals surface area contributed by atoms with Gasteiger partial charge in [0.05, 0.1) is 0 Å². The molecule has 1 unspecified atom stereocenters. The number of amides is 1. The van der Waals surface area contributed by atoms with Crippen LogP contribution in [-0.4, -0.2) is 50.3 Å². The lowest BCUT2D eigenvalue weighted by Gasteiger charge is -2.23. The van der Waals surface area contributed by atoms with Gasteiger partial charge in [0.2, 0.25) is 0 Å². The summed E-state index contributed by atoms with van der Waals surface area (Å²) in [4.78, 5) is 13.7. The summed E-state index contributed by atoms with van der Waals surface area (Å²) >= 11 is 0. The molecule has 5 nitrogen and oxygen atoms in total. The van der Waals surface area contributed by atoms with Crippen LogP contribution >= 0.6 is 0 Å². The van der Waals surface area contributed by atoms with Crippen LogP contribution in [0.5, 0.6) is 0 Å². The zero-order valence-electron chi connectivity index (χ0n) is 15.1. The number of benzene rings is 1. The zero-order chi connectivity index (χ0) is 17.3. The fraction of sp³-hybridized carbons (Fsp3) is 0.611. The average molecular weight is 321 g/mol. The topological polar surface area (TPSA) is 53.6 Å². The number of nitrogens with zero attached hydrogens (tertiary/aromatic N) is 1. The second-order valence-corrected chi connectivity index (χ2v) is 6.96. The number of likely N-dealkylation sites (N-methyl/N-ethyl adjacent to an activating group) is 1. The van der Waals surface area contributed by atoms with E-state index in [9.17, 15) is 4.79 Å². The number of nitrogens with one attached hydrogen (secondary N) is 2. The summed E-state index contributed by atoms with van der Waals surface area (Å²) in [5, 5.41) is 6.34. The van der Waals surface area contributed by atoms with E-state index in [0.717, 1.165) is 19.5 Å². The molecule has 0 spiro atoms. The van der Waals surface area contributed by atoms with E-state index >= 15 is 0 Å². The normalized spacial score (nSPS) is 13.0. The standard InChI is InChI=1S/C18H31N3O2/c1-18(2,3)23-17(22)20-13-9-12-19-16(14-21(4)5)15-10-7-6-8-11-15/h6-8,10-11,16,19H,9,12-14H2,1-5H3,(H,20,22). The van der Waals surface area contributed by atoms with Crippen LogP contribution in [0.25, 0.3) is 0 Å². The summed E-state index contributed by atoms with van der Waals surface area (Å²) in [6, 6.07) is 10.7. The number of carbonyl (C=O) groups excluding carboxylic acids is 1. The molecule has 0 aromatic heterocycles. The van der Waals surface area contributed by atoms with E-state index in [2.05, 4.69) is 53.9 Å². The fourth-order valence-electron chi connectivity index (χ4n) is 2.21. The van der Waals surface area contributed by atoms with Crippen LogP contribution in [0, 0.1) is 0 Å². The SMILES string of the molecule is CN(C)CC(NCCCNC(=O)OC(C)(C)C)c1ccccc1. The minimum atomic E-state index is -0.452. The smallest absolute Gasteiger partial charge is 0.407 e. The van der Waals surface area contributed by atoms with Crippen LogP contribution in [0.15, 0.2) is 30.3 Å². The van der Waals surface area contributed by atoms with E-state index in [4.69, 9.17) is 4.74 Å². The van der Waals surface area contributed by atoms with Gasteiger partial charge in [-0.2, -0.15) is 0 Å². The van der Waals surface area contributed by atoms with Crippen LogP contribution in [-0.2, 0) is 4.74 Å². The van der Waals surface area contributed by atoms with Gasteiger partial charge in [-0.3, -0.25) is 0 Å². The molecule has 0 aliphatic rings. The predicted molar refractivity (Wildman–Crippen MR) is 94.6 cm³/mol.